The van der Waals surface area contributed by atoms with Crippen molar-refractivity contribution in [2.45, 2.75) is 57.0 Å². The van der Waals surface area contributed by atoms with Gasteiger partial charge in [-0.25, -0.2) is 4.98 Å². The Kier molecular flexibility index (Phi) is 5.06. The number of carbonyl (C=O) groups is 1. The van der Waals surface area contributed by atoms with Crippen LogP contribution in [0.15, 0.2) is 5.16 Å². The largest absolute Gasteiger partial charge is 0.342 e. The number of nitrogens with zero attached hydrogens (tertiary/aromatic N) is 3. The number of likely N-dealkylation sites (tertiary alicyclic amines) is 1. The number of piperidine rings is 1. The monoisotopic (exact) mass is 322 g/mol. The first kappa shape index (κ1) is 15.8. The number of hydrogen-bond donors (Lipinski definition) is 1. The van der Waals surface area contributed by atoms with E-state index in [2.05, 4.69) is 33.9 Å². The molecule has 2 atom stereocenters. The fourth-order valence-corrected chi connectivity index (χ4v) is 4.33. The fraction of sp³-hybridized carbons (Fsp3) is 0.812. The highest BCUT2D eigenvalue weighted by Gasteiger charge is 2.32. The molecule has 1 aromatic heterocycles. The van der Waals surface area contributed by atoms with Gasteiger partial charge in [-0.05, 0) is 24.7 Å². The Labute approximate surface area is 136 Å². The second-order valence-electron chi connectivity index (χ2n) is 6.88. The molecule has 1 aliphatic heterocycles. The second kappa shape index (κ2) is 7.02. The predicted molar refractivity (Wildman–Crippen MR) is 87.8 cm³/mol. The quantitative estimate of drug-likeness (QED) is 0.866. The van der Waals surface area contributed by atoms with Crippen LogP contribution in [-0.2, 0) is 4.79 Å². The molecule has 2 heterocycles. The minimum Gasteiger partial charge on any atom is -0.342 e. The van der Waals surface area contributed by atoms with Gasteiger partial charge in [0.2, 0.25) is 11.1 Å². The number of hydrogen-bond acceptors (Lipinski definition) is 4. The van der Waals surface area contributed by atoms with E-state index in [-0.39, 0.29) is 5.91 Å². The number of thioether (sulfide) groups is 1. The molecule has 0 radical (unpaired) electrons. The molecule has 0 aromatic carbocycles. The molecule has 0 bridgehead atoms. The Morgan fingerprint density at radius 2 is 2.09 bits per heavy atom. The molecular weight excluding hydrogens is 296 g/mol. The lowest BCUT2D eigenvalue weighted by Crippen LogP contribution is -2.45. The molecule has 22 heavy (non-hydrogen) atoms. The summed E-state index contributed by atoms with van der Waals surface area (Å²) in [7, 11) is 0. The summed E-state index contributed by atoms with van der Waals surface area (Å²) in [6, 6.07) is 0. The highest BCUT2D eigenvalue weighted by molar-refractivity contribution is 7.99. The minimum absolute atomic E-state index is 0.241. The smallest absolute Gasteiger partial charge is 0.233 e. The van der Waals surface area contributed by atoms with Gasteiger partial charge in [-0.2, -0.15) is 0 Å². The van der Waals surface area contributed by atoms with Crippen molar-refractivity contribution in [2.75, 3.05) is 18.8 Å². The van der Waals surface area contributed by atoms with Crippen LogP contribution < -0.4 is 0 Å². The van der Waals surface area contributed by atoms with E-state index in [0.717, 1.165) is 30.7 Å². The molecule has 2 fully saturated rings. The van der Waals surface area contributed by atoms with Gasteiger partial charge in [-0.15, -0.1) is 5.10 Å². The highest BCUT2D eigenvalue weighted by Crippen LogP contribution is 2.36. The first-order chi connectivity index (χ1) is 10.6. The number of aromatic nitrogens is 3. The van der Waals surface area contributed by atoms with Crippen molar-refractivity contribution in [2.24, 2.45) is 11.8 Å². The van der Waals surface area contributed by atoms with Crippen molar-refractivity contribution in [3.63, 3.8) is 0 Å². The van der Waals surface area contributed by atoms with Gasteiger partial charge >= 0.3 is 0 Å². The summed E-state index contributed by atoms with van der Waals surface area (Å²) in [4.78, 5) is 18.9. The normalized spacial score (nSPS) is 25.3. The average Bonchev–Trinajstić information content (AvgIpc) is 3.01. The zero-order valence-electron chi connectivity index (χ0n) is 13.5. The van der Waals surface area contributed by atoms with Crippen LogP contribution in [0.2, 0.25) is 0 Å². The van der Waals surface area contributed by atoms with Crippen LogP contribution in [0.25, 0.3) is 0 Å². The summed E-state index contributed by atoms with van der Waals surface area (Å²) in [6.07, 6.45) is 6.59. The van der Waals surface area contributed by atoms with Gasteiger partial charge in [0.25, 0.3) is 0 Å². The standard InChI is InChI=1S/C16H26N4OS/c1-11(2)15-17-16(19-18-15)22-10-14(21)20-8-7-12-5-3-4-6-13(12)9-20/h11-13H,3-10H2,1-2H3,(H,17,18,19)/t12-,13+/m0/s1. The van der Waals surface area contributed by atoms with E-state index in [1.807, 2.05) is 0 Å². The first-order valence-corrected chi connectivity index (χ1v) is 9.45. The van der Waals surface area contributed by atoms with Crippen LogP contribution in [0, 0.1) is 11.8 Å². The van der Waals surface area contributed by atoms with E-state index in [0.29, 0.717) is 16.8 Å². The van der Waals surface area contributed by atoms with Crippen LogP contribution >= 0.6 is 11.8 Å². The van der Waals surface area contributed by atoms with E-state index in [4.69, 9.17) is 0 Å². The molecule has 0 unspecified atom stereocenters. The van der Waals surface area contributed by atoms with Crippen molar-refractivity contribution in [1.82, 2.24) is 20.1 Å². The number of rotatable bonds is 4. The van der Waals surface area contributed by atoms with Gasteiger partial charge in [-0.3, -0.25) is 9.89 Å². The molecular formula is C16H26N4OS. The van der Waals surface area contributed by atoms with Crippen LogP contribution in [0.3, 0.4) is 0 Å². The first-order valence-electron chi connectivity index (χ1n) is 8.46. The Hall–Kier alpha value is -1.04. The van der Waals surface area contributed by atoms with Gasteiger partial charge in [0.05, 0.1) is 5.75 Å². The van der Waals surface area contributed by atoms with Crippen molar-refractivity contribution < 1.29 is 4.79 Å². The summed E-state index contributed by atoms with van der Waals surface area (Å²) in [6.45, 7) is 6.06. The van der Waals surface area contributed by atoms with E-state index in [1.54, 1.807) is 0 Å². The van der Waals surface area contributed by atoms with Gasteiger partial charge < -0.3 is 4.90 Å². The van der Waals surface area contributed by atoms with Gasteiger partial charge in [0.1, 0.15) is 5.82 Å². The third-order valence-electron chi connectivity index (χ3n) is 5.00. The summed E-state index contributed by atoms with van der Waals surface area (Å²) in [5.41, 5.74) is 0. The molecule has 3 rings (SSSR count). The van der Waals surface area contributed by atoms with Crippen molar-refractivity contribution >= 4 is 17.7 Å². The molecule has 2 aliphatic rings. The average molecular weight is 322 g/mol. The molecule has 1 aliphatic carbocycles. The van der Waals surface area contributed by atoms with Gasteiger partial charge in [0.15, 0.2) is 0 Å². The fourth-order valence-electron chi connectivity index (χ4n) is 3.63. The third kappa shape index (κ3) is 3.65. The molecule has 6 heteroatoms. The number of amides is 1. The summed E-state index contributed by atoms with van der Waals surface area (Å²) in [5.74, 6) is 3.53. The maximum atomic E-state index is 12.4. The number of carbonyl (C=O) groups excluding carboxylic acids is 1. The maximum absolute atomic E-state index is 12.4. The zero-order chi connectivity index (χ0) is 15.5. The second-order valence-corrected chi connectivity index (χ2v) is 7.82. The lowest BCUT2D eigenvalue weighted by molar-refractivity contribution is -0.131. The molecule has 1 aromatic rings. The predicted octanol–water partition coefficient (Wildman–Crippen LogP) is 3.06. The lowest BCUT2D eigenvalue weighted by atomic mass is 9.75. The van der Waals surface area contributed by atoms with Crippen LogP contribution in [0.4, 0.5) is 0 Å². The van der Waals surface area contributed by atoms with Crippen molar-refractivity contribution in [1.29, 1.82) is 0 Å². The topological polar surface area (TPSA) is 61.9 Å². The van der Waals surface area contributed by atoms with E-state index in [1.165, 1.54) is 43.9 Å². The summed E-state index contributed by atoms with van der Waals surface area (Å²) >= 11 is 1.45. The number of nitrogens with one attached hydrogen (secondary N) is 1. The van der Waals surface area contributed by atoms with Gasteiger partial charge in [-0.1, -0.05) is 44.9 Å². The van der Waals surface area contributed by atoms with E-state index < -0.39 is 0 Å². The van der Waals surface area contributed by atoms with Crippen LogP contribution in [0.1, 0.15) is 57.7 Å². The van der Waals surface area contributed by atoms with E-state index >= 15 is 0 Å². The minimum atomic E-state index is 0.241. The third-order valence-corrected chi connectivity index (χ3v) is 5.83. The highest BCUT2D eigenvalue weighted by atomic mass is 32.2. The Morgan fingerprint density at radius 3 is 2.82 bits per heavy atom. The molecule has 1 saturated heterocycles. The van der Waals surface area contributed by atoms with Crippen molar-refractivity contribution in [3.05, 3.63) is 5.82 Å². The molecule has 5 nitrogen and oxygen atoms in total. The lowest BCUT2D eigenvalue weighted by Gasteiger charge is -2.41. The summed E-state index contributed by atoms with van der Waals surface area (Å²) in [5, 5.41) is 7.80. The number of fused-ring (bicyclic) bond motifs is 1. The molecule has 1 N–H and O–H groups in total. The SMILES string of the molecule is CC(C)c1nc(SCC(=O)N2CC[C@@H]3CCCC[C@@H]3C2)n[nH]1. The van der Waals surface area contributed by atoms with Gasteiger partial charge in [0, 0.05) is 19.0 Å². The Bertz CT molecular complexity index is 516. The number of H-pyrrole nitrogens is 1. The number of aromatic amines is 1. The molecule has 1 saturated carbocycles. The van der Waals surface area contributed by atoms with Crippen molar-refractivity contribution in [3.8, 4) is 0 Å². The van der Waals surface area contributed by atoms with Crippen LogP contribution in [0.5, 0.6) is 0 Å². The summed E-state index contributed by atoms with van der Waals surface area (Å²) < 4.78 is 0. The van der Waals surface area contributed by atoms with E-state index in [9.17, 15) is 4.79 Å². The molecule has 0 spiro atoms. The molecule has 1 amide bonds. The Morgan fingerprint density at radius 1 is 1.32 bits per heavy atom. The Balaban J connectivity index is 1.49. The zero-order valence-corrected chi connectivity index (χ0v) is 14.4. The van der Waals surface area contributed by atoms with Crippen LogP contribution in [-0.4, -0.2) is 44.8 Å². The maximum Gasteiger partial charge on any atom is 0.233 e. The molecule has 122 valence electrons.